The zero-order chi connectivity index (χ0) is 14.5. The van der Waals surface area contributed by atoms with Crippen LogP contribution in [0.2, 0.25) is 0 Å². The SMILES string of the molecule is CCCNC(Cc1cc(Br)ccc1F)C1COC(C)C1. The fraction of sp³-hybridized carbons (Fsp3) is 0.625. The quantitative estimate of drug-likeness (QED) is 0.845. The van der Waals surface area contributed by atoms with E-state index < -0.39 is 0 Å². The molecule has 1 saturated heterocycles. The molecule has 0 aromatic heterocycles. The Labute approximate surface area is 129 Å². The van der Waals surface area contributed by atoms with Crippen molar-refractivity contribution in [2.24, 2.45) is 5.92 Å². The summed E-state index contributed by atoms with van der Waals surface area (Å²) in [6, 6.07) is 5.44. The molecule has 0 radical (unpaired) electrons. The first-order chi connectivity index (χ1) is 9.60. The predicted octanol–water partition coefficient (Wildman–Crippen LogP) is 3.92. The maximum atomic E-state index is 13.9. The zero-order valence-corrected chi connectivity index (χ0v) is 13.7. The average Bonchev–Trinajstić information content (AvgIpc) is 2.85. The van der Waals surface area contributed by atoms with E-state index in [0.717, 1.165) is 36.0 Å². The first kappa shape index (κ1) is 15.9. The van der Waals surface area contributed by atoms with Gasteiger partial charge in [0, 0.05) is 16.4 Å². The fourth-order valence-electron chi connectivity index (χ4n) is 2.80. The Morgan fingerprint density at radius 2 is 2.30 bits per heavy atom. The van der Waals surface area contributed by atoms with Crippen LogP contribution in [0.25, 0.3) is 0 Å². The third-order valence-corrected chi connectivity index (χ3v) is 4.40. The van der Waals surface area contributed by atoms with Crippen LogP contribution in [-0.2, 0) is 11.2 Å². The van der Waals surface area contributed by atoms with Gasteiger partial charge in [-0.15, -0.1) is 0 Å². The van der Waals surface area contributed by atoms with Crippen LogP contribution in [0, 0.1) is 11.7 Å². The summed E-state index contributed by atoms with van der Waals surface area (Å²) in [6.07, 6.45) is 3.17. The minimum atomic E-state index is -0.122. The Morgan fingerprint density at radius 3 is 2.95 bits per heavy atom. The van der Waals surface area contributed by atoms with Gasteiger partial charge in [-0.05, 0) is 56.5 Å². The van der Waals surface area contributed by atoms with Crippen LogP contribution in [0.1, 0.15) is 32.3 Å². The van der Waals surface area contributed by atoms with Crippen LogP contribution in [-0.4, -0.2) is 25.3 Å². The lowest BCUT2D eigenvalue weighted by molar-refractivity contribution is 0.116. The highest BCUT2D eigenvalue weighted by atomic mass is 79.9. The van der Waals surface area contributed by atoms with Gasteiger partial charge in [-0.25, -0.2) is 4.39 Å². The van der Waals surface area contributed by atoms with E-state index in [0.29, 0.717) is 18.4 Å². The number of ether oxygens (including phenoxy) is 1. The number of rotatable bonds is 6. The molecule has 20 heavy (non-hydrogen) atoms. The van der Waals surface area contributed by atoms with Crippen molar-refractivity contribution < 1.29 is 9.13 Å². The van der Waals surface area contributed by atoms with E-state index >= 15 is 0 Å². The van der Waals surface area contributed by atoms with Gasteiger partial charge in [0.2, 0.25) is 0 Å². The van der Waals surface area contributed by atoms with E-state index in [2.05, 4.69) is 35.1 Å². The lowest BCUT2D eigenvalue weighted by Crippen LogP contribution is -2.39. The summed E-state index contributed by atoms with van der Waals surface area (Å²) in [5, 5.41) is 3.57. The molecule has 1 aromatic rings. The number of benzene rings is 1. The number of nitrogens with one attached hydrogen (secondary N) is 1. The standard InChI is InChI=1S/C16H23BrFNO/c1-3-6-19-16(13-7-11(2)20-10-13)9-12-8-14(17)4-5-15(12)18/h4-5,8,11,13,16,19H,3,6-7,9-10H2,1-2H3. The highest BCUT2D eigenvalue weighted by Crippen LogP contribution is 2.26. The van der Waals surface area contributed by atoms with E-state index in [-0.39, 0.29) is 11.9 Å². The van der Waals surface area contributed by atoms with Crippen molar-refractivity contribution in [1.29, 1.82) is 0 Å². The van der Waals surface area contributed by atoms with Crippen molar-refractivity contribution in [3.8, 4) is 0 Å². The number of hydrogen-bond acceptors (Lipinski definition) is 2. The summed E-state index contributed by atoms with van der Waals surface area (Å²) in [6.45, 7) is 6.00. The molecule has 1 aromatic carbocycles. The zero-order valence-electron chi connectivity index (χ0n) is 12.2. The molecule has 112 valence electrons. The molecule has 0 aliphatic carbocycles. The van der Waals surface area contributed by atoms with Crippen LogP contribution in [0.4, 0.5) is 4.39 Å². The highest BCUT2D eigenvalue weighted by molar-refractivity contribution is 9.10. The van der Waals surface area contributed by atoms with Crippen molar-refractivity contribution >= 4 is 15.9 Å². The van der Waals surface area contributed by atoms with Gasteiger partial charge in [-0.3, -0.25) is 0 Å². The molecule has 1 heterocycles. The molecule has 0 bridgehead atoms. The maximum absolute atomic E-state index is 13.9. The first-order valence-corrected chi connectivity index (χ1v) is 8.18. The summed E-state index contributed by atoms with van der Waals surface area (Å²) in [7, 11) is 0. The molecule has 2 nitrogen and oxygen atoms in total. The van der Waals surface area contributed by atoms with Crippen LogP contribution >= 0.6 is 15.9 Å². The molecule has 1 aliphatic rings. The normalized spacial score (nSPS) is 24.0. The van der Waals surface area contributed by atoms with E-state index in [9.17, 15) is 4.39 Å². The average molecular weight is 344 g/mol. The number of hydrogen-bond donors (Lipinski definition) is 1. The molecular formula is C16H23BrFNO. The van der Waals surface area contributed by atoms with Crippen molar-refractivity contribution in [3.05, 3.63) is 34.1 Å². The largest absolute Gasteiger partial charge is 0.378 e. The Kier molecular flexibility index (Phi) is 6.00. The van der Waals surface area contributed by atoms with Crippen LogP contribution in [0.15, 0.2) is 22.7 Å². The molecule has 1 fully saturated rings. The lowest BCUT2D eigenvalue weighted by Gasteiger charge is -2.24. The molecule has 0 spiro atoms. The van der Waals surface area contributed by atoms with Gasteiger partial charge in [0.15, 0.2) is 0 Å². The van der Waals surface area contributed by atoms with Gasteiger partial charge in [-0.1, -0.05) is 22.9 Å². The fourth-order valence-corrected chi connectivity index (χ4v) is 3.21. The van der Waals surface area contributed by atoms with E-state index in [1.807, 2.05) is 6.07 Å². The smallest absolute Gasteiger partial charge is 0.126 e. The van der Waals surface area contributed by atoms with Crippen molar-refractivity contribution in [1.82, 2.24) is 5.32 Å². The molecule has 1 N–H and O–H groups in total. The number of halogens is 2. The van der Waals surface area contributed by atoms with Crippen LogP contribution in [0.3, 0.4) is 0 Å². The van der Waals surface area contributed by atoms with E-state index in [1.165, 1.54) is 6.07 Å². The maximum Gasteiger partial charge on any atom is 0.126 e. The second-order valence-corrected chi connectivity index (χ2v) is 6.56. The predicted molar refractivity (Wildman–Crippen MR) is 83.4 cm³/mol. The Hall–Kier alpha value is -0.450. The lowest BCUT2D eigenvalue weighted by atomic mass is 9.91. The van der Waals surface area contributed by atoms with Crippen LogP contribution < -0.4 is 5.32 Å². The van der Waals surface area contributed by atoms with Crippen molar-refractivity contribution in [2.75, 3.05) is 13.2 Å². The van der Waals surface area contributed by atoms with Crippen LogP contribution in [0.5, 0.6) is 0 Å². The second kappa shape index (κ2) is 7.53. The summed E-state index contributed by atoms with van der Waals surface area (Å²) in [5.41, 5.74) is 0.771. The van der Waals surface area contributed by atoms with Gasteiger partial charge in [0.1, 0.15) is 5.82 Å². The Balaban J connectivity index is 2.08. The first-order valence-electron chi connectivity index (χ1n) is 7.39. The third-order valence-electron chi connectivity index (χ3n) is 3.90. The van der Waals surface area contributed by atoms with E-state index in [4.69, 9.17) is 4.74 Å². The monoisotopic (exact) mass is 343 g/mol. The second-order valence-electron chi connectivity index (χ2n) is 5.64. The third kappa shape index (κ3) is 4.27. The summed E-state index contributed by atoms with van der Waals surface area (Å²) in [5.74, 6) is 0.346. The Morgan fingerprint density at radius 1 is 1.50 bits per heavy atom. The molecular weight excluding hydrogens is 321 g/mol. The minimum Gasteiger partial charge on any atom is -0.378 e. The van der Waals surface area contributed by atoms with Gasteiger partial charge in [-0.2, -0.15) is 0 Å². The van der Waals surface area contributed by atoms with Gasteiger partial charge < -0.3 is 10.1 Å². The van der Waals surface area contributed by atoms with Gasteiger partial charge in [0.25, 0.3) is 0 Å². The van der Waals surface area contributed by atoms with Crippen molar-refractivity contribution in [2.45, 2.75) is 45.3 Å². The molecule has 2 rings (SSSR count). The topological polar surface area (TPSA) is 21.3 Å². The van der Waals surface area contributed by atoms with Crippen molar-refractivity contribution in [3.63, 3.8) is 0 Å². The summed E-state index contributed by atoms with van der Waals surface area (Å²) < 4.78 is 20.5. The highest BCUT2D eigenvalue weighted by Gasteiger charge is 2.29. The van der Waals surface area contributed by atoms with E-state index in [1.54, 1.807) is 6.07 Å². The Bertz CT molecular complexity index is 440. The molecule has 0 amide bonds. The molecule has 1 aliphatic heterocycles. The molecule has 3 atom stereocenters. The van der Waals surface area contributed by atoms with Gasteiger partial charge >= 0.3 is 0 Å². The summed E-state index contributed by atoms with van der Waals surface area (Å²) >= 11 is 3.42. The van der Waals surface area contributed by atoms with Gasteiger partial charge in [0.05, 0.1) is 12.7 Å². The summed E-state index contributed by atoms with van der Waals surface area (Å²) in [4.78, 5) is 0. The molecule has 3 unspecified atom stereocenters. The molecule has 4 heteroatoms. The molecule has 0 saturated carbocycles. The minimum absolute atomic E-state index is 0.122.